The van der Waals surface area contributed by atoms with Gasteiger partial charge in [0.25, 0.3) is 0 Å². The summed E-state index contributed by atoms with van der Waals surface area (Å²) in [5, 5.41) is 2.65. The fourth-order valence-electron chi connectivity index (χ4n) is 8.86. The minimum atomic E-state index is -7.22. The zero-order valence-corrected chi connectivity index (χ0v) is 32.2. The second kappa shape index (κ2) is 17.9. The van der Waals surface area contributed by atoms with Gasteiger partial charge < -0.3 is 5.32 Å². The molecule has 62 heavy (non-hydrogen) atoms. The highest BCUT2D eigenvalue weighted by Gasteiger charge is 2.52. The molecule has 0 saturated heterocycles. The first-order chi connectivity index (χ1) is 28.8. The van der Waals surface area contributed by atoms with Gasteiger partial charge in [-0.3, -0.25) is 0 Å². The molecule has 2 aliphatic rings. The average Bonchev–Trinajstić information content (AvgIpc) is 3.24. The normalized spacial score (nSPS) is 16.4. The van der Waals surface area contributed by atoms with Gasteiger partial charge in [0, 0.05) is 10.8 Å². The van der Waals surface area contributed by atoms with Crippen LogP contribution in [-0.4, -0.2) is 19.2 Å². The van der Waals surface area contributed by atoms with E-state index in [2.05, 4.69) is 19.2 Å². The van der Waals surface area contributed by atoms with Crippen LogP contribution in [0.3, 0.4) is 0 Å². The van der Waals surface area contributed by atoms with E-state index >= 15 is 35.1 Å². The van der Waals surface area contributed by atoms with Crippen LogP contribution in [0.1, 0.15) is 78.1 Å². The van der Waals surface area contributed by atoms with Crippen molar-refractivity contribution in [3.63, 3.8) is 0 Å². The number of nitrogens with two attached hydrogens (primary N) is 1. The molecule has 340 valence electrons. The van der Waals surface area contributed by atoms with Crippen molar-refractivity contribution >= 4 is 28.0 Å². The van der Waals surface area contributed by atoms with Crippen LogP contribution < -0.4 is 27.2 Å². The van der Waals surface area contributed by atoms with Crippen LogP contribution >= 0.6 is 0 Å². The van der Waals surface area contributed by atoms with Gasteiger partial charge in [0.2, 0.25) is 0 Å². The smallest absolute Gasteiger partial charge is 0.200 e. The van der Waals surface area contributed by atoms with Gasteiger partial charge in [0.15, 0.2) is 69.8 Å². The Kier molecular flexibility index (Phi) is 14.0. The summed E-state index contributed by atoms with van der Waals surface area (Å²) in [6, 6.07) is 0. The van der Waals surface area contributed by atoms with Crippen LogP contribution in [0.5, 0.6) is 0 Å². The summed E-state index contributed by atoms with van der Waals surface area (Å²) in [5.74, 6) is -71.4. The maximum absolute atomic E-state index is 15.4. The van der Waals surface area contributed by atoms with Gasteiger partial charge in [0.1, 0.15) is 52.7 Å². The molecule has 4 aromatic carbocycles. The number of halogens is 20. The Balaban J connectivity index is 0.000000355. The largest absolute Gasteiger partial charge is 0.345 e. The molecule has 2 fully saturated rings. The maximum Gasteiger partial charge on any atom is 0.200 e. The number of rotatable bonds is 8. The molecule has 0 atom stereocenters. The number of benzene rings is 4. The zero-order valence-electron chi connectivity index (χ0n) is 32.2. The standard InChI is InChI=1S/C24BF20.C16H31N/c26-5-1(6(27)14(35)21(42)13(5)34)25(2-7(28)15(36)22(43)16(37)8(2)29,3-9(30)17(38)23(44)18(39)10(3)31)4-11(32)19(40)24(45)20(41)12(4)33;1-15(9-5-3-6-10-15)13-17-14-16(2)11-7-4-8-12-16/h;17H,3-14H2,1-2H3/q-1;/p+1. The van der Waals surface area contributed by atoms with Gasteiger partial charge in [0.05, 0.1) is 13.1 Å². The van der Waals surface area contributed by atoms with Crippen molar-refractivity contribution < 1.29 is 93.1 Å². The number of hydrogen-bond acceptors (Lipinski definition) is 0. The Morgan fingerprint density at radius 3 is 0.629 bits per heavy atom. The molecule has 2 aliphatic carbocycles. The Labute approximate surface area is 339 Å². The van der Waals surface area contributed by atoms with Gasteiger partial charge in [-0.2, -0.15) is 0 Å². The molecule has 0 heterocycles. The molecule has 2 saturated carbocycles. The third-order valence-electron chi connectivity index (χ3n) is 12.1. The Hall–Kier alpha value is -4.50. The van der Waals surface area contributed by atoms with E-state index in [0.717, 1.165) is 0 Å². The minimum Gasteiger partial charge on any atom is -0.345 e. The zero-order chi connectivity index (χ0) is 46.5. The molecule has 22 heteroatoms. The first-order valence-corrected chi connectivity index (χ1v) is 18.9. The average molecular weight is 917 g/mol. The van der Waals surface area contributed by atoms with Gasteiger partial charge in [-0.1, -0.05) is 52.4 Å². The number of quaternary nitrogens is 1. The highest BCUT2D eigenvalue weighted by atomic mass is 19.2. The molecule has 0 bridgehead atoms. The van der Waals surface area contributed by atoms with E-state index in [1.54, 1.807) is 0 Å². The van der Waals surface area contributed by atoms with E-state index in [9.17, 15) is 52.7 Å². The third kappa shape index (κ3) is 8.01. The summed E-state index contributed by atoms with van der Waals surface area (Å²) in [6.07, 6.45) is 7.53. The Morgan fingerprint density at radius 2 is 0.452 bits per heavy atom. The van der Waals surface area contributed by atoms with E-state index in [-0.39, 0.29) is 0 Å². The topological polar surface area (TPSA) is 16.6 Å². The van der Waals surface area contributed by atoms with Crippen molar-refractivity contribution in [3.8, 4) is 0 Å². The van der Waals surface area contributed by atoms with Crippen molar-refractivity contribution in [3.05, 3.63) is 116 Å². The molecule has 1 nitrogen and oxygen atoms in total. The Morgan fingerprint density at radius 1 is 0.290 bits per heavy atom. The minimum absolute atomic E-state index is 0.656. The van der Waals surface area contributed by atoms with E-state index in [0.29, 0.717) is 10.8 Å². The molecular formula is C40H32BF20N. The fourth-order valence-corrected chi connectivity index (χ4v) is 8.86. The molecule has 6 rings (SSSR count). The first kappa shape index (κ1) is 48.5. The van der Waals surface area contributed by atoms with E-state index in [4.69, 9.17) is 0 Å². The van der Waals surface area contributed by atoms with Gasteiger partial charge in [-0.25, -0.2) is 87.8 Å². The lowest BCUT2D eigenvalue weighted by atomic mass is 9.12. The summed E-state index contributed by atoms with van der Waals surface area (Å²) in [5.41, 5.74) is -13.0. The number of hydrogen-bond donors (Lipinski definition) is 1. The predicted molar refractivity (Wildman–Crippen MR) is 183 cm³/mol. The van der Waals surface area contributed by atoms with Gasteiger partial charge >= 0.3 is 0 Å². The van der Waals surface area contributed by atoms with Crippen molar-refractivity contribution in [2.24, 2.45) is 10.8 Å². The van der Waals surface area contributed by atoms with Crippen LogP contribution in [0.2, 0.25) is 0 Å². The SMILES string of the molecule is CC1(C[NH2+]CC2(C)CCCCC2)CCCCC1.Fc1c(F)c(F)c([B-](c2c(F)c(F)c(F)c(F)c2F)(c2c(F)c(F)c(F)c(F)c2F)c2c(F)c(F)c(F)c(F)c2F)c(F)c1F. The van der Waals surface area contributed by atoms with Crippen LogP contribution in [-0.2, 0) is 0 Å². The molecule has 0 aromatic heterocycles. The molecule has 0 radical (unpaired) electrons. The predicted octanol–water partition coefficient (Wildman–Crippen LogP) is 9.34. The molecular weight excluding hydrogens is 885 g/mol. The Bertz CT molecular complexity index is 1980. The molecule has 0 aliphatic heterocycles. The van der Waals surface area contributed by atoms with Gasteiger partial charge in [-0.15, -0.1) is 21.9 Å². The van der Waals surface area contributed by atoms with Crippen LogP contribution in [0, 0.1) is 127 Å². The van der Waals surface area contributed by atoms with Crippen LogP contribution in [0.4, 0.5) is 87.8 Å². The van der Waals surface area contributed by atoms with Crippen molar-refractivity contribution in [1.82, 2.24) is 0 Å². The van der Waals surface area contributed by atoms with Crippen molar-refractivity contribution in [2.45, 2.75) is 78.1 Å². The summed E-state index contributed by atoms with van der Waals surface area (Å²) < 4.78 is 294. The summed E-state index contributed by atoms with van der Waals surface area (Å²) in [4.78, 5) is 0. The van der Waals surface area contributed by atoms with E-state index in [1.165, 1.54) is 77.3 Å². The lowest BCUT2D eigenvalue weighted by Crippen LogP contribution is -2.89. The first-order valence-electron chi connectivity index (χ1n) is 18.9. The maximum atomic E-state index is 15.4. The van der Waals surface area contributed by atoms with Crippen LogP contribution in [0.15, 0.2) is 0 Å². The lowest BCUT2D eigenvalue weighted by Gasteiger charge is -2.44. The van der Waals surface area contributed by atoms with Gasteiger partial charge in [-0.05, 0) is 25.7 Å². The second-order valence-corrected chi connectivity index (χ2v) is 16.2. The third-order valence-corrected chi connectivity index (χ3v) is 12.1. The fraction of sp³-hybridized carbons (Fsp3) is 0.400. The summed E-state index contributed by atoms with van der Waals surface area (Å²) in [6.45, 7) is 7.79. The summed E-state index contributed by atoms with van der Waals surface area (Å²) >= 11 is 0. The quantitative estimate of drug-likeness (QED) is 0.0787. The lowest BCUT2D eigenvalue weighted by molar-refractivity contribution is -0.678. The highest BCUT2D eigenvalue weighted by molar-refractivity contribution is 7.20. The second-order valence-electron chi connectivity index (χ2n) is 16.2. The summed E-state index contributed by atoms with van der Waals surface area (Å²) in [7, 11) is 0. The van der Waals surface area contributed by atoms with E-state index in [1.807, 2.05) is 0 Å². The highest BCUT2D eigenvalue weighted by Crippen LogP contribution is 2.36. The van der Waals surface area contributed by atoms with Crippen molar-refractivity contribution in [1.29, 1.82) is 0 Å². The molecule has 2 N–H and O–H groups in total. The van der Waals surface area contributed by atoms with Crippen LogP contribution in [0.25, 0.3) is 0 Å². The van der Waals surface area contributed by atoms with E-state index < -0.39 is 144 Å². The molecule has 4 aromatic rings. The monoisotopic (exact) mass is 917 g/mol. The van der Waals surface area contributed by atoms with Crippen molar-refractivity contribution in [2.75, 3.05) is 13.1 Å². The molecule has 0 unspecified atom stereocenters. The molecule has 0 spiro atoms. The molecule has 0 amide bonds.